The summed E-state index contributed by atoms with van der Waals surface area (Å²) in [6.07, 6.45) is -5.84. The summed E-state index contributed by atoms with van der Waals surface area (Å²) >= 11 is 18.4. The van der Waals surface area contributed by atoms with Crippen molar-refractivity contribution in [2.45, 2.75) is 25.4 Å². The minimum Gasteiger partial charge on any atom is -0.450 e. The Morgan fingerprint density at radius 2 is 1.69 bits per heavy atom. The maximum absolute atomic E-state index is 13.4. The van der Waals surface area contributed by atoms with Crippen LogP contribution in [0, 0.1) is 22.7 Å². The third-order valence-corrected chi connectivity index (χ3v) is 5.65. The molecule has 1 unspecified atom stereocenters. The van der Waals surface area contributed by atoms with Gasteiger partial charge in [-0.25, -0.2) is 4.79 Å². The van der Waals surface area contributed by atoms with E-state index >= 15 is 0 Å². The van der Waals surface area contributed by atoms with Gasteiger partial charge in [0.25, 0.3) is 5.91 Å². The minimum atomic E-state index is -4.76. The van der Waals surface area contributed by atoms with Crippen LogP contribution in [-0.4, -0.2) is 24.3 Å². The third kappa shape index (κ3) is 6.38. The summed E-state index contributed by atoms with van der Waals surface area (Å²) in [7, 11) is 0. The Kier molecular flexibility index (Phi) is 9.16. The normalized spacial score (nSPS) is 13.1. The second kappa shape index (κ2) is 11.5. The number of nitriles is 2. The van der Waals surface area contributed by atoms with Crippen LogP contribution in [0.25, 0.3) is 0 Å². The van der Waals surface area contributed by atoms with E-state index in [-0.39, 0.29) is 33.5 Å². The van der Waals surface area contributed by atoms with Crippen molar-refractivity contribution in [2.24, 2.45) is 5.10 Å². The Balaban J connectivity index is 2.45. The van der Waals surface area contributed by atoms with Crippen molar-refractivity contribution in [1.82, 2.24) is 5.32 Å². The molecule has 0 bridgehead atoms. The molecule has 2 amide bonds. The molecule has 0 heterocycles. The highest BCUT2D eigenvalue weighted by Gasteiger charge is 2.38. The predicted molar refractivity (Wildman–Crippen MR) is 127 cm³/mol. The number of amides is 2. The fourth-order valence-corrected chi connectivity index (χ4v) is 4.09. The van der Waals surface area contributed by atoms with Crippen LogP contribution < -0.4 is 10.7 Å². The van der Waals surface area contributed by atoms with Crippen LogP contribution in [0.3, 0.4) is 0 Å². The number of hydrazone groups is 1. The van der Waals surface area contributed by atoms with Gasteiger partial charge in [0.15, 0.2) is 0 Å². The van der Waals surface area contributed by atoms with Gasteiger partial charge in [0.2, 0.25) is 5.71 Å². The molecule has 0 aliphatic heterocycles. The number of nitrogens with one attached hydrogen (secondary N) is 2. The number of hydrogen-bond donors (Lipinski definition) is 2. The topological polar surface area (TPSA) is 127 Å². The van der Waals surface area contributed by atoms with E-state index in [9.17, 15) is 28.0 Å². The Labute approximate surface area is 218 Å². The second-order valence-corrected chi connectivity index (χ2v) is 8.32. The number of rotatable bonds is 6. The van der Waals surface area contributed by atoms with Crippen LogP contribution in [0.4, 0.5) is 23.7 Å². The Hall–Kier alpha value is -3.51. The van der Waals surface area contributed by atoms with E-state index < -0.39 is 39.9 Å². The van der Waals surface area contributed by atoms with Gasteiger partial charge in [-0.2, -0.15) is 28.8 Å². The van der Waals surface area contributed by atoms with E-state index in [0.717, 1.165) is 12.1 Å². The molecule has 14 heteroatoms. The van der Waals surface area contributed by atoms with Gasteiger partial charge in [0.05, 0.1) is 28.9 Å². The van der Waals surface area contributed by atoms with Gasteiger partial charge in [-0.15, -0.1) is 0 Å². The van der Waals surface area contributed by atoms with Crippen LogP contribution in [0.15, 0.2) is 35.4 Å². The monoisotopic (exact) mass is 559 g/mol. The number of alkyl carbamates (subject to hydrolysis) is 1. The molecule has 0 aliphatic carbocycles. The zero-order valence-corrected chi connectivity index (χ0v) is 20.7. The fourth-order valence-electron chi connectivity index (χ4n) is 3.00. The molecule has 2 aromatic carbocycles. The second-order valence-electron chi connectivity index (χ2n) is 7.10. The highest BCUT2D eigenvalue weighted by molar-refractivity contribution is 6.47. The van der Waals surface area contributed by atoms with E-state index in [4.69, 9.17) is 40.1 Å². The standard InChI is InChI=1S/C22H15Cl3F3N5O3/c1-3-36-20(35)31-19(34)17(9-29)33-32-12-7-15(24)18(16(25)8-12)21(2,10-30)11-4-5-14(23)13(6-11)22(26,27)28/h4-8,32H,3H2,1-2H3,(H,31,34,35). The first-order valence-electron chi connectivity index (χ1n) is 9.78. The summed E-state index contributed by atoms with van der Waals surface area (Å²) in [6.45, 7) is 2.85. The minimum absolute atomic E-state index is 0.00105. The number of benzene rings is 2. The molecule has 2 rings (SSSR count). The van der Waals surface area contributed by atoms with E-state index in [1.165, 1.54) is 38.1 Å². The molecule has 0 radical (unpaired) electrons. The Morgan fingerprint density at radius 1 is 1.08 bits per heavy atom. The fraction of sp³-hybridized carbons (Fsp3) is 0.227. The lowest BCUT2D eigenvalue weighted by molar-refractivity contribution is -0.137. The number of anilines is 1. The summed E-state index contributed by atoms with van der Waals surface area (Å²) in [4.78, 5) is 23.3. The highest BCUT2D eigenvalue weighted by atomic mass is 35.5. The first-order valence-corrected chi connectivity index (χ1v) is 10.9. The quantitative estimate of drug-likeness (QED) is 0.327. The predicted octanol–water partition coefficient (Wildman–Crippen LogP) is 6.06. The molecule has 0 saturated carbocycles. The summed E-state index contributed by atoms with van der Waals surface area (Å²) in [6, 6.07) is 8.93. The van der Waals surface area contributed by atoms with E-state index in [1.807, 2.05) is 6.07 Å². The lowest BCUT2D eigenvalue weighted by atomic mass is 9.77. The summed E-state index contributed by atoms with van der Waals surface area (Å²) in [5.41, 5.74) is -1.22. The number of carbonyl (C=O) groups excluding carboxylic acids is 2. The SMILES string of the molecule is CCOC(=O)NC(=O)C(C#N)=NNc1cc(Cl)c(C(C)(C#N)c2ccc(Cl)c(C(F)(F)F)c2)c(Cl)c1. The van der Waals surface area contributed by atoms with Crippen LogP contribution in [0.5, 0.6) is 0 Å². The average Bonchev–Trinajstić information content (AvgIpc) is 2.78. The molecule has 0 aromatic heterocycles. The van der Waals surface area contributed by atoms with Gasteiger partial charge < -0.3 is 4.74 Å². The first kappa shape index (κ1) is 28.7. The van der Waals surface area contributed by atoms with Crippen molar-refractivity contribution in [3.63, 3.8) is 0 Å². The van der Waals surface area contributed by atoms with Crippen molar-refractivity contribution in [2.75, 3.05) is 12.0 Å². The molecule has 0 fully saturated rings. The van der Waals surface area contributed by atoms with Crippen molar-refractivity contribution < 1.29 is 27.5 Å². The molecule has 0 saturated heterocycles. The molecule has 1 atom stereocenters. The van der Waals surface area contributed by atoms with Crippen molar-refractivity contribution in [3.05, 3.63) is 62.1 Å². The van der Waals surface area contributed by atoms with Gasteiger partial charge in [-0.3, -0.25) is 15.5 Å². The molecule has 0 aliphatic rings. The van der Waals surface area contributed by atoms with Crippen molar-refractivity contribution >= 4 is 58.2 Å². The number of nitrogens with zero attached hydrogens (tertiary/aromatic N) is 3. The Bertz CT molecular complexity index is 1300. The Morgan fingerprint density at radius 3 is 2.19 bits per heavy atom. The summed E-state index contributed by atoms with van der Waals surface area (Å²) < 4.78 is 44.6. The molecule has 188 valence electrons. The first-order chi connectivity index (χ1) is 16.8. The molecule has 2 aromatic rings. The average molecular weight is 561 g/mol. The number of alkyl halides is 3. The van der Waals surface area contributed by atoms with Gasteiger partial charge in [-0.05, 0) is 43.7 Å². The van der Waals surface area contributed by atoms with E-state index in [1.54, 1.807) is 5.32 Å². The summed E-state index contributed by atoms with van der Waals surface area (Å²) in [5.74, 6) is -1.14. The molecular formula is C22H15Cl3F3N5O3. The van der Waals surface area contributed by atoms with E-state index in [2.05, 4.69) is 15.3 Å². The number of hydrogen-bond acceptors (Lipinski definition) is 7. The van der Waals surface area contributed by atoms with Gasteiger partial charge in [0, 0.05) is 15.6 Å². The summed E-state index contributed by atoms with van der Waals surface area (Å²) in [5, 5.41) is 23.6. The van der Waals surface area contributed by atoms with Crippen LogP contribution in [-0.2, 0) is 21.1 Å². The maximum atomic E-state index is 13.4. The van der Waals surface area contributed by atoms with Gasteiger partial charge >= 0.3 is 12.3 Å². The highest BCUT2D eigenvalue weighted by Crippen LogP contribution is 2.44. The zero-order chi connectivity index (χ0) is 27.3. The van der Waals surface area contributed by atoms with Crippen molar-refractivity contribution in [3.8, 4) is 12.1 Å². The molecular weight excluding hydrogens is 546 g/mol. The van der Waals surface area contributed by atoms with Crippen molar-refractivity contribution in [1.29, 1.82) is 10.5 Å². The lowest BCUT2D eigenvalue weighted by Crippen LogP contribution is -2.36. The number of ether oxygens (including phenoxy) is 1. The van der Waals surface area contributed by atoms with Crippen LogP contribution in [0.2, 0.25) is 15.1 Å². The molecule has 2 N–H and O–H groups in total. The van der Waals surface area contributed by atoms with E-state index in [0.29, 0.717) is 0 Å². The lowest BCUT2D eigenvalue weighted by Gasteiger charge is -2.26. The number of carbonyl (C=O) groups is 2. The van der Waals surface area contributed by atoms with Gasteiger partial charge in [-0.1, -0.05) is 40.9 Å². The third-order valence-electron chi connectivity index (χ3n) is 4.72. The molecule has 36 heavy (non-hydrogen) atoms. The maximum Gasteiger partial charge on any atom is 0.417 e. The zero-order valence-electron chi connectivity index (χ0n) is 18.4. The largest absolute Gasteiger partial charge is 0.450 e. The number of halogens is 6. The number of imide groups is 1. The molecule has 8 nitrogen and oxygen atoms in total. The molecule has 0 spiro atoms. The van der Waals surface area contributed by atoms with Gasteiger partial charge in [0.1, 0.15) is 11.5 Å². The van der Waals surface area contributed by atoms with Crippen LogP contribution in [0.1, 0.15) is 30.5 Å². The smallest absolute Gasteiger partial charge is 0.417 e. The van der Waals surface area contributed by atoms with Crippen LogP contribution >= 0.6 is 34.8 Å².